The molecule has 1 aromatic rings. The van der Waals surface area contributed by atoms with E-state index in [-0.39, 0.29) is 16.6 Å². The number of amides is 1. The van der Waals surface area contributed by atoms with Crippen LogP contribution in [0.15, 0.2) is 23.4 Å². The van der Waals surface area contributed by atoms with Crippen LogP contribution in [0.25, 0.3) is 0 Å². The third kappa shape index (κ3) is 5.67. The second-order valence-electron chi connectivity index (χ2n) is 6.46. The van der Waals surface area contributed by atoms with Gasteiger partial charge in [0.2, 0.25) is 5.91 Å². The zero-order chi connectivity index (χ0) is 15.3. The smallest absolute Gasteiger partial charge is 0.223 e. The first-order valence-electron chi connectivity index (χ1n) is 7.56. The molecule has 0 radical (unpaired) electrons. The molecule has 5 heteroatoms. The van der Waals surface area contributed by atoms with Crippen molar-refractivity contribution >= 4 is 17.7 Å². The van der Waals surface area contributed by atoms with E-state index in [1.807, 2.05) is 12.3 Å². The van der Waals surface area contributed by atoms with E-state index in [4.69, 9.17) is 0 Å². The highest BCUT2D eigenvalue weighted by atomic mass is 32.2. The molecule has 1 fully saturated rings. The zero-order valence-electron chi connectivity index (χ0n) is 13.1. The van der Waals surface area contributed by atoms with Crippen LogP contribution in [0.1, 0.15) is 39.2 Å². The Balaban J connectivity index is 1.87. The molecular weight excluding hydrogens is 282 g/mol. The van der Waals surface area contributed by atoms with Gasteiger partial charge in [0.15, 0.2) is 0 Å². The maximum atomic E-state index is 12.1. The Morgan fingerprint density at radius 1 is 1.43 bits per heavy atom. The van der Waals surface area contributed by atoms with E-state index in [2.05, 4.69) is 42.5 Å². The van der Waals surface area contributed by atoms with Crippen molar-refractivity contribution in [1.82, 2.24) is 15.6 Å². The van der Waals surface area contributed by atoms with Gasteiger partial charge in [-0.05, 0) is 43.6 Å². The van der Waals surface area contributed by atoms with Gasteiger partial charge in [0, 0.05) is 23.4 Å². The van der Waals surface area contributed by atoms with E-state index in [0.29, 0.717) is 6.54 Å². The normalized spacial score (nSPS) is 16.7. The average molecular weight is 307 g/mol. The minimum atomic E-state index is 0.143. The number of hydrogen-bond acceptors (Lipinski definition) is 4. The molecule has 116 valence electrons. The molecule has 2 N–H and O–H groups in total. The molecule has 1 aliphatic heterocycles. The number of piperidine rings is 1. The number of aromatic nitrogens is 1. The minimum Gasteiger partial charge on any atom is -0.352 e. The molecule has 1 saturated heterocycles. The monoisotopic (exact) mass is 307 g/mol. The number of carbonyl (C=O) groups excluding carboxylic acids is 1. The summed E-state index contributed by atoms with van der Waals surface area (Å²) in [6.45, 7) is 8.99. The van der Waals surface area contributed by atoms with Gasteiger partial charge in [-0.3, -0.25) is 4.79 Å². The first kappa shape index (κ1) is 16.3. The Labute approximate surface area is 131 Å². The number of nitrogens with one attached hydrogen (secondary N) is 2. The molecular formula is C16H25N3OS. The van der Waals surface area contributed by atoms with Crippen LogP contribution in [-0.4, -0.2) is 28.7 Å². The van der Waals surface area contributed by atoms with Crippen molar-refractivity contribution in [2.45, 2.75) is 49.9 Å². The topological polar surface area (TPSA) is 54.0 Å². The van der Waals surface area contributed by atoms with Gasteiger partial charge in [0.05, 0.1) is 5.03 Å². The van der Waals surface area contributed by atoms with Gasteiger partial charge in [0.25, 0.3) is 0 Å². The summed E-state index contributed by atoms with van der Waals surface area (Å²) in [6.07, 6.45) is 3.70. The highest BCUT2D eigenvalue weighted by Crippen LogP contribution is 2.30. The lowest BCUT2D eigenvalue weighted by Gasteiger charge is -2.22. The van der Waals surface area contributed by atoms with Gasteiger partial charge in [-0.1, -0.05) is 20.8 Å². The fourth-order valence-corrected chi connectivity index (χ4v) is 3.30. The molecule has 2 heterocycles. The fraction of sp³-hybridized carbons (Fsp3) is 0.625. The second-order valence-corrected chi connectivity index (χ2v) is 8.31. The first-order chi connectivity index (χ1) is 9.94. The summed E-state index contributed by atoms with van der Waals surface area (Å²) in [5.41, 5.74) is 1.11. The number of nitrogens with zero attached hydrogens (tertiary/aromatic N) is 1. The Morgan fingerprint density at radius 3 is 2.81 bits per heavy atom. The maximum Gasteiger partial charge on any atom is 0.223 e. The molecule has 0 spiro atoms. The van der Waals surface area contributed by atoms with Gasteiger partial charge in [0.1, 0.15) is 0 Å². The molecule has 1 amide bonds. The number of hydrogen-bond donors (Lipinski definition) is 2. The molecule has 1 aromatic heterocycles. The Hall–Kier alpha value is -1.07. The predicted octanol–water partition coefficient (Wildman–Crippen LogP) is 2.59. The van der Waals surface area contributed by atoms with Gasteiger partial charge in [-0.25, -0.2) is 4.98 Å². The van der Waals surface area contributed by atoms with E-state index in [1.54, 1.807) is 11.8 Å². The lowest BCUT2D eigenvalue weighted by Crippen LogP contribution is -2.37. The summed E-state index contributed by atoms with van der Waals surface area (Å²) in [4.78, 5) is 16.5. The van der Waals surface area contributed by atoms with Crippen molar-refractivity contribution in [2.75, 3.05) is 13.1 Å². The van der Waals surface area contributed by atoms with E-state index in [1.165, 1.54) is 0 Å². The lowest BCUT2D eigenvalue weighted by atomic mass is 9.97. The molecule has 0 bridgehead atoms. The summed E-state index contributed by atoms with van der Waals surface area (Å²) in [5, 5.41) is 7.35. The van der Waals surface area contributed by atoms with E-state index >= 15 is 0 Å². The van der Waals surface area contributed by atoms with Crippen LogP contribution in [0.5, 0.6) is 0 Å². The third-order valence-electron chi connectivity index (χ3n) is 3.39. The molecule has 0 atom stereocenters. The Bertz CT molecular complexity index is 479. The number of pyridine rings is 1. The Morgan fingerprint density at radius 2 is 2.14 bits per heavy atom. The van der Waals surface area contributed by atoms with Crippen LogP contribution in [-0.2, 0) is 11.3 Å². The number of thioether (sulfide) groups is 1. The summed E-state index contributed by atoms with van der Waals surface area (Å²) in [6, 6.07) is 4.04. The highest BCUT2D eigenvalue weighted by molar-refractivity contribution is 8.00. The second kappa shape index (κ2) is 7.27. The summed E-state index contributed by atoms with van der Waals surface area (Å²) in [5.74, 6) is 0.342. The summed E-state index contributed by atoms with van der Waals surface area (Å²) >= 11 is 1.75. The van der Waals surface area contributed by atoms with Gasteiger partial charge >= 0.3 is 0 Å². The van der Waals surface area contributed by atoms with Gasteiger partial charge in [-0.15, -0.1) is 11.8 Å². The van der Waals surface area contributed by atoms with Gasteiger partial charge in [-0.2, -0.15) is 0 Å². The van der Waals surface area contributed by atoms with Crippen molar-refractivity contribution < 1.29 is 4.79 Å². The molecule has 0 aliphatic carbocycles. The SMILES string of the molecule is CC(C)(C)Sc1cc(CNC(=O)C2CCNCC2)ccn1. The summed E-state index contributed by atoms with van der Waals surface area (Å²) in [7, 11) is 0. The van der Waals surface area contributed by atoms with E-state index < -0.39 is 0 Å². The van der Waals surface area contributed by atoms with Crippen molar-refractivity contribution in [1.29, 1.82) is 0 Å². The van der Waals surface area contributed by atoms with Crippen molar-refractivity contribution in [2.24, 2.45) is 5.92 Å². The molecule has 0 saturated carbocycles. The molecule has 21 heavy (non-hydrogen) atoms. The van der Waals surface area contributed by atoms with Crippen LogP contribution >= 0.6 is 11.8 Å². The van der Waals surface area contributed by atoms with Crippen LogP contribution in [0, 0.1) is 5.92 Å². The van der Waals surface area contributed by atoms with E-state index in [9.17, 15) is 4.79 Å². The predicted molar refractivity (Wildman–Crippen MR) is 87.3 cm³/mol. The van der Waals surface area contributed by atoms with E-state index in [0.717, 1.165) is 36.5 Å². The maximum absolute atomic E-state index is 12.1. The van der Waals surface area contributed by atoms with Gasteiger partial charge < -0.3 is 10.6 Å². The van der Waals surface area contributed by atoms with Crippen molar-refractivity contribution in [3.63, 3.8) is 0 Å². The Kier molecular flexibility index (Phi) is 5.65. The standard InChI is InChI=1S/C16H25N3OS/c1-16(2,3)21-14-10-12(4-9-18-14)11-19-15(20)13-5-7-17-8-6-13/h4,9-10,13,17H,5-8,11H2,1-3H3,(H,19,20). The summed E-state index contributed by atoms with van der Waals surface area (Å²) < 4.78 is 0.143. The van der Waals surface area contributed by atoms with Crippen LogP contribution in [0.4, 0.5) is 0 Å². The average Bonchev–Trinajstić information content (AvgIpc) is 2.44. The third-order valence-corrected chi connectivity index (χ3v) is 4.43. The number of carbonyl (C=O) groups is 1. The minimum absolute atomic E-state index is 0.143. The molecule has 0 aromatic carbocycles. The van der Waals surface area contributed by atoms with Crippen LogP contribution < -0.4 is 10.6 Å². The van der Waals surface area contributed by atoms with Crippen LogP contribution in [0.2, 0.25) is 0 Å². The highest BCUT2D eigenvalue weighted by Gasteiger charge is 2.20. The number of rotatable bonds is 4. The van der Waals surface area contributed by atoms with Crippen molar-refractivity contribution in [3.8, 4) is 0 Å². The first-order valence-corrected chi connectivity index (χ1v) is 8.38. The molecule has 2 rings (SSSR count). The largest absolute Gasteiger partial charge is 0.352 e. The molecule has 0 unspecified atom stereocenters. The van der Waals surface area contributed by atoms with Crippen LogP contribution in [0.3, 0.4) is 0 Å². The zero-order valence-corrected chi connectivity index (χ0v) is 13.9. The molecule has 1 aliphatic rings. The quantitative estimate of drug-likeness (QED) is 0.840. The molecule has 4 nitrogen and oxygen atoms in total. The lowest BCUT2D eigenvalue weighted by molar-refractivity contribution is -0.125. The van der Waals surface area contributed by atoms with Crippen molar-refractivity contribution in [3.05, 3.63) is 23.9 Å². The fourth-order valence-electron chi connectivity index (χ4n) is 2.35.